The minimum absolute atomic E-state index is 0.243. The van der Waals surface area contributed by atoms with E-state index in [1.54, 1.807) is 0 Å². The van der Waals surface area contributed by atoms with Gasteiger partial charge in [-0.2, -0.15) is 0 Å². The van der Waals surface area contributed by atoms with Gasteiger partial charge in [0.05, 0.1) is 19.3 Å². The van der Waals surface area contributed by atoms with Gasteiger partial charge in [-0.3, -0.25) is 0 Å². The standard InChI is InChI=1S/C12H19NO2/c1-9-3-4-11(5-10(9)2)7-15-8-12(14)6-13/h3-5,12,14H,6-8,13H2,1-2H3/t12-/m0/s1. The fourth-order valence-corrected chi connectivity index (χ4v) is 1.27. The fraction of sp³-hybridized carbons (Fsp3) is 0.500. The second-order valence-electron chi connectivity index (χ2n) is 3.82. The minimum atomic E-state index is -0.559. The average molecular weight is 209 g/mol. The van der Waals surface area contributed by atoms with Crippen molar-refractivity contribution in [3.05, 3.63) is 34.9 Å². The second-order valence-corrected chi connectivity index (χ2v) is 3.82. The number of hydrogen-bond donors (Lipinski definition) is 2. The van der Waals surface area contributed by atoms with Crippen LogP contribution in [0, 0.1) is 13.8 Å². The summed E-state index contributed by atoms with van der Waals surface area (Å²) < 4.78 is 5.34. The van der Waals surface area contributed by atoms with Crippen LogP contribution in [0.3, 0.4) is 0 Å². The minimum Gasteiger partial charge on any atom is -0.389 e. The van der Waals surface area contributed by atoms with Crippen LogP contribution in [0.15, 0.2) is 18.2 Å². The summed E-state index contributed by atoms with van der Waals surface area (Å²) in [5, 5.41) is 9.18. The van der Waals surface area contributed by atoms with E-state index in [4.69, 9.17) is 10.5 Å². The van der Waals surface area contributed by atoms with Crippen molar-refractivity contribution in [1.82, 2.24) is 0 Å². The van der Waals surface area contributed by atoms with E-state index in [9.17, 15) is 5.11 Å². The third-order valence-electron chi connectivity index (χ3n) is 2.42. The molecule has 0 radical (unpaired) electrons. The molecule has 1 atom stereocenters. The molecule has 0 aliphatic heterocycles. The summed E-state index contributed by atoms with van der Waals surface area (Å²) in [5.41, 5.74) is 8.93. The third-order valence-corrected chi connectivity index (χ3v) is 2.42. The molecule has 1 aromatic carbocycles. The first-order valence-corrected chi connectivity index (χ1v) is 5.15. The molecule has 84 valence electrons. The number of aliphatic hydroxyl groups is 1. The van der Waals surface area contributed by atoms with E-state index in [-0.39, 0.29) is 6.54 Å². The second kappa shape index (κ2) is 5.85. The van der Waals surface area contributed by atoms with Gasteiger partial charge in [-0.05, 0) is 30.5 Å². The molecule has 3 heteroatoms. The van der Waals surface area contributed by atoms with E-state index in [0.29, 0.717) is 13.2 Å². The van der Waals surface area contributed by atoms with Crippen molar-refractivity contribution in [1.29, 1.82) is 0 Å². The van der Waals surface area contributed by atoms with Gasteiger partial charge in [-0.15, -0.1) is 0 Å². The number of benzene rings is 1. The molecule has 0 spiro atoms. The lowest BCUT2D eigenvalue weighted by atomic mass is 10.1. The lowest BCUT2D eigenvalue weighted by Gasteiger charge is -2.09. The molecular formula is C12H19NO2. The maximum Gasteiger partial charge on any atom is 0.0895 e. The highest BCUT2D eigenvalue weighted by molar-refractivity contribution is 5.29. The van der Waals surface area contributed by atoms with Gasteiger partial charge >= 0.3 is 0 Å². The van der Waals surface area contributed by atoms with Gasteiger partial charge in [-0.25, -0.2) is 0 Å². The molecule has 0 aliphatic carbocycles. The highest BCUT2D eigenvalue weighted by Crippen LogP contribution is 2.10. The molecule has 0 saturated carbocycles. The van der Waals surface area contributed by atoms with Crippen molar-refractivity contribution in [3.8, 4) is 0 Å². The van der Waals surface area contributed by atoms with Crippen LogP contribution in [0.5, 0.6) is 0 Å². The zero-order chi connectivity index (χ0) is 11.3. The van der Waals surface area contributed by atoms with Crippen LogP contribution in [0.25, 0.3) is 0 Å². The van der Waals surface area contributed by atoms with E-state index in [2.05, 4.69) is 26.0 Å². The van der Waals surface area contributed by atoms with E-state index in [1.807, 2.05) is 6.07 Å². The summed E-state index contributed by atoms with van der Waals surface area (Å²) in [6.45, 7) is 5.22. The molecule has 15 heavy (non-hydrogen) atoms. The summed E-state index contributed by atoms with van der Waals surface area (Å²) in [6, 6.07) is 6.22. The van der Waals surface area contributed by atoms with Crippen LogP contribution in [0.1, 0.15) is 16.7 Å². The van der Waals surface area contributed by atoms with Gasteiger partial charge < -0.3 is 15.6 Å². The van der Waals surface area contributed by atoms with E-state index in [0.717, 1.165) is 5.56 Å². The topological polar surface area (TPSA) is 55.5 Å². The van der Waals surface area contributed by atoms with Gasteiger partial charge in [0, 0.05) is 6.54 Å². The maximum atomic E-state index is 9.18. The Bertz CT molecular complexity index is 312. The summed E-state index contributed by atoms with van der Waals surface area (Å²) in [5.74, 6) is 0. The van der Waals surface area contributed by atoms with E-state index in [1.165, 1.54) is 11.1 Å². The van der Waals surface area contributed by atoms with Crippen molar-refractivity contribution >= 4 is 0 Å². The molecule has 0 amide bonds. The normalized spacial score (nSPS) is 12.8. The van der Waals surface area contributed by atoms with Crippen LogP contribution >= 0.6 is 0 Å². The van der Waals surface area contributed by atoms with Crippen molar-refractivity contribution in [3.63, 3.8) is 0 Å². The lowest BCUT2D eigenvalue weighted by Crippen LogP contribution is -2.24. The number of rotatable bonds is 5. The number of nitrogens with two attached hydrogens (primary N) is 1. The highest BCUT2D eigenvalue weighted by atomic mass is 16.5. The number of aliphatic hydroxyl groups excluding tert-OH is 1. The molecule has 0 unspecified atom stereocenters. The SMILES string of the molecule is Cc1ccc(COC[C@@H](O)CN)cc1C. The molecular weight excluding hydrogens is 190 g/mol. The van der Waals surface area contributed by atoms with Gasteiger partial charge in [0.2, 0.25) is 0 Å². The van der Waals surface area contributed by atoms with Crippen LogP contribution in [-0.2, 0) is 11.3 Å². The lowest BCUT2D eigenvalue weighted by molar-refractivity contribution is 0.0329. The zero-order valence-corrected chi connectivity index (χ0v) is 9.36. The largest absolute Gasteiger partial charge is 0.389 e. The van der Waals surface area contributed by atoms with Crippen LogP contribution in [0.2, 0.25) is 0 Å². The Morgan fingerprint density at radius 1 is 1.33 bits per heavy atom. The number of aryl methyl sites for hydroxylation is 2. The molecule has 0 bridgehead atoms. The molecule has 0 aliphatic rings. The molecule has 0 saturated heterocycles. The van der Waals surface area contributed by atoms with Gasteiger partial charge in [0.15, 0.2) is 0 Å². The summed E-state index contributed by atoms with van der Waals surface area (Å²) in [4.78, 5) is 0. The predicted molar refractivity (Wildman–Crippen MR) is 60.6 cm³/mol. The van der Waals surface area contributed by atoms with Crippen molar-refractivity contribution in [2.75, 3.05) is 13.2 Å². The Balaban J connectivity index is 2.41. The predicted octanol–water partition coefficient (Wildman–Crippen LogP) is 1.14. The average Bonchev–Trinajstić information content (AvgIpc) is 2.23. The Morgan fingerprint density at radius 3 is 2.67 bits per heavy atom. The first kappa shape index (κ1) is 12.2. The molecule has 0 aromatic heterocycles. The maximum absolute atomic E-state index is 9.18. The fourth-order valence-electron chi connectivity index (χ4n) is 1.27. The molecule has 3 N–H and O–H groups in total. The Morgan fingerprint density at radius 2 is 2.07 bits per heavy atom. The smallest absolute Gasteiger partial charge is 0.0895 e. The van der Waals surface area contributed by atoms with E-state index < -0.39 is 6.10 Å². The molecule has 1 aromatic rings. The Labute approximate surface area is 90.9 Å². The zero-order valence-electron chi connectivity index (χ0n) is 9.36. The van der Waals surface area contributed by atoms with Gasteiger partial charge in [0.25, 0.3) is 0 Å². The van der Waals surface area contributed by atoms with Gasteiger partial charge in [0.1, 0.15) is 0 Å². The Kier molecular flexibility index (Phi) is 4.75. The first-order chi connectivity index (χ1) is 7.13. The monoisotopic (exact) mass is 209 g/mol. The van der Waals surface area contributed by atoms with Crippen LogP contribution < -0.4 is 5.73 Å². The van der Waals surface area contributed by atoms with Gasteiger partial charge in [-0.1, -0.05) is 18.2 Å². The van der Waals surface area contributed by atoms with Crippen molar-refractivity contribution in [2.24, 2.45) is 5.73 Å². The molecule has 0 heterocycles. The van der Waals surface area contributed by atoms with Crippen molar-refractivity contribution < 1.29 is 9.84 Å². The van der Waals surface area contributed by atoms with E-state index >= 15 is 0 Å². The number of ether oxygens (including phenoxy) is 1. The summed E-state index contributed by atoms with van der Waals surface area (Å²) in [7, 11) is 0. The molecule has 1 rings (SSSR count). The highest BCUT2D eigenvalue weighted by Gasteiger charge is 2.01. The van der Waals surface area contributed by atoms with Crippen LogP contribution in [0.4, 0.5) is 0 Å². The van der Waals surface area contributed by atoms with Crippen LogP contribution in [-0.4, -0.2) is 24.4 Å². The number of hydrogen-bond acceptors (Lipinski definition) is 3. The summed E-state index contributed by atoms with van der Waals surface area (Å²) >= 11 is 0. The first-order valence-electron chi connectivity index (χ1n) is 5.15. The van der Waals surface area contributed by atoms with Crippen molar-refractivity contribution in [2.45, 2.75) is 26.6 Å². The third kappa shape index (κ3) is 4.00. The molecule has 0 fully saturated rings. The molecule has 3 nitrogen and oxygen atoms in total. The Hall–Kier alpha value is -0.900. The summed E-state index contributed by atoms with van der Waals surface area (Å²) in [6.07, 6.45) is -0.559. The quantitative estimate of drug-likeness (QED) is 0.764.